The number of likely N-dealkylation sites (tertiary alicyclic amines) is 1. The highest BCUT2D eigenvalue weighted by atomic mass is 16.1. The fraction of sp³-hybridized carbons (Fsp3) is 0.533. The summed E-state index contributed by atoms with van der Waals surface area (Å²) in [6.45, 7) is 3.72. The maximum Gasteiger partial charge on any atom is 0.221 e. The van der Waals surface area contributed by atoms with E-state index in [4.69, 9.17) is 11.5 Å². The molecule has 104 valence electrons. The van der Waals surface area contributed by atoms with Gasteiger partial charge in [0, 0.05) is 18.6 Å². The van der Waals surface area contributed by atoms with Crippen molar-refractivity contribution >= 4 is 5.91 Å². The van der Waals surface area contributed by atoms with Gasteiger partial charge >= 0.3 is 0 Å². The zero-order valence-electron chi connectivity index (χ0n) is 11.5. The summed E-state index contributed by atoms with van der Waals surface area (Å²) in [5.74, 6) is -0.236. The third kappa shape index (κ3) is 3.33. The van der Waals surface area contributed by atoms with Crippen LogP contribution in [0, 0.1) is 5.92 Å². The number of piperidine rings is 1. The van der Waals surface area contributed by atoms with E-state index in [0.717, 1.165) is 25.9 Å². The maximum absolute atomic E-state index is 11.4. The smallest absolute Gasteiger partial charge is 0.221 e. The Bertz CT molecular complexity index is 419. The molecule has 1 heterocycles. The summed E-state index contributed by atoms with van der Waals surface area (Å²) in [7, 11) is 0. The third-order valence-electron chi connectivity index (χ3n) is 3.89. The van der Waals surface area contributed by atoms with Crippen LogP contribution in [0.4, 0.5) is 0 Å². The molecule has 19 heavy (non-hydrogen) atoms. The van der Waals surface area contributed by atoms with Crippen molar-refractivity contribution in [2.24, 2.45) is 17.4 Å². The van der Waals surface area contributed by atoms with Crippen LogP contribution < -0.4 is 11.5 Å². The molecule has 0 radical (unpaired) electrons. The van der Waals surface area contributed by atoms with Crippen molar-refractivity contribution in [3.63, 3.8) is 0 Å². The first-order chi connectivity index (χ1) is 9.09. The van der Waals surface area contributed by atoms with Gasteiger partial charge in [-0.05, 0) is 31.9 Å². The van der Waals surface area contributed by atoms with Crippen molar-refractivity contribution in [2.75, 3.05) is 13.1 Å². The minimum absolute atomic E-state index is 0.0222. The summed E-state index contributed by atoms with van der Waals surface area (Å²) in [6, 6.07) is 10.4. The second kappa shape index (κ2) is 6.17. The molecule has 1 saturated heterocycles. The summed E-state index contributed by atoms with van der Waals surface area (Å²) >= 11 is 0. The zero-order chi connectivity index (χ0) is 13.8. The lowest BCUT2D eigenvalue weighted by molar-refractivity contribution is -0.123. The largest absolute Gasteiger partial charge is 0.369 e. The summed E-state index contributed by atoms with van der Waals surface area (Å²) < 4.78 is 0. The van der Waals surface area contributed by atoms with E-state index >= 15 is 0 Å². The molecule has 4 N–H and O–H groups in total. The van der Waals surface area contributed by atoms with Gasteiger partial charge in [-0.25, -0.2) is 0 Å². The lowest BCUT2D eigenvalue weighted by Crippen LogP contribution is -2.47. The molecule has 4 heteroatoms. The highest BCUT2D eigenvalue weighted by Crippen LogP contribution is 2.28. The van der Waals surface area contributed by atoms with Gasteiger partial charge in [0.2, 0.25) is 5.91 Å². The second-order valence-corrected chi connectivity index (χ2v) is 5.45. The zero-order valence-corrected chi connectivity index (χ0v) is 11.5. The van der Waals surface area contributed by atoms with Gasteiger partial charge in [0.05, 0.1) is 5.92 Å². The Balaban J connectivity index is 2.18. The van der Waals surface area contributed by atoms with E-state index in [-0.39, 0.29) is 23.9 Å². The van der Waals surface area contributed by atoms with E-state index in [1.807, 2.05) is 25.1 Å². The van der Waals surface area contributed by atoms with Gasteiger partial charge < -0.3 is 11.5 Å². The number of nitrogens with two attached hydrogens (primary N) is 2. The van der Waals surface area contributed by atoms with Crippen LogP contribution in [0.1, 0.15) is 31.4 Å². The number of carbonyl (C=O) groups excluding carboxylic acids is 1. The first kappa shape index (κ1) is 14.0. The summed E-state index contributed by atoms with van der Waals surface area (Å²) in [4.78, 5) is 13.7. The standard InChI is InChI=1S/C15H23N3O/c1-11(16)14(12-6-3-2-4-7-12)18-9-5-8-13(10-18)15(17)19/h2-4,6-7,11,13-14H,5,8-10,16H2,1H3,(H2,17,19). The van der Waals surface area contributed by atoms with Gasteiger partial charge in [0.15, 0.2) is 0 Å². The van der Waals surface area contributed by atoms with Crippen molar-refractivity contribution in [3.05, 3.63) is 35.9 Å². The number of amides is 1. The van der Waals surface area contributed by atoms with Crippen LogP contribution >= 0.6 is 0 Å². The molecule has 3 atom stereocenters. The van der Waals surface area contributed by atoms with E-state index in [9.17, 15) is 4.79 Å². The van der Waals surface area contributed by atoms with Gasteiger partial charge in [-0.1, -0.05) is 30.3 Å². The van der Waals surface area contributed by atoms with E-state index in [0.29, 0.717) is 0 Å². The molecule has 1 aromatic carbocycles. The monoisotopic (exact) mass is 261 g/mol. The van der Waals surface area contributed by atoms with Gasteiger partial charge in [0.25, 0.3) is 0 Å². The number of benzene rings is 1. The third-order valence-corrected chi connectivity index (χ3v) is 3.89. The number of primary amides is 1. The molecule has 1 aromatic rings. The van der Waals surface area contributed by atoms with Crippen molar-refractivity contribution in [2.45, 2.75) is 31.8 Å². The van der Waals surface area contributed by atoms with Gasteiger partial charge in [-0.2, -0.15) is 0 Å². The lowest BCUT2D eigenvalue weighted by Gasteiger charge is -2.39. The molecule has 1 amide bonds. The Labute approximate surface area is 114 Å². The van der Waals surface area contributed by atoms with Crippen molar-refractivity contribution in [3.8, 4) is 0 Å². The molecule has 1 aliphatic heterocycles. The molecule has 1 aliphatic rings. The number of rotatable bonds is 4. The number of nitrogens with zero attached hydrogens (tertiary/aromatic N) is 1. The minimum atomic E-state index is -0.193. The summed E-state index contributed by atoms with van der Waals surface area (Å²) in [5.41, 5.74) is 12.8. The van der Waals surface area contributed by atoms with Gasteiger partial charge in [-0.3, -0.25) is 9.69 Å². The number of hydrogen-bond donors (Lipinski definition) is 2. The Morgan fingerprint density at radius 2 is 2.05 bits per heavy atom. The summed E-state index contributed by atoms with van der Waals surface area (Å²) in [5, 5.41) is 0. The van der Waals surface area contributed by atoms with Crippen LogP contribution in [0.3, 0.4) is 0 Å². The van der Waals surface area contributed by atoms with Crippen molar-refractivity contribution in [1.29, 1.82) is 0 Å². The molecule has 0 aliphatic carbocycles. The van der Waals surface area contributed by atoms with Gasteiger partial charge in [-0.15, -0.1) is 0 Å². The molecule has 0 saturated carbocycles. The number of hydrogen-bond acceptors (Lipinski definition) is 3. The lowest BCUT2D eigenvalue weighted by atomic mass is 9.92. The fourth-order valence-corrected chi connectivity index (χ4v) is 2.99. The predicted molar refractivity (Wildman–Crippen MR) is 76.3 cm³/mol. The Morgan fingerprint density at radius 3 is 2.63 bits per heavy atom. The normalized spacial score (nSPS) is 23.8. The SMILES string of the molecule is CC(N)C(c1ccccc1)N1CCCC(C(N)=O)C1. The first-order valence-electron chi connectivity index (χ1n) is 6.93. The Kier molecular flexibility index (Phi) is 4.56. The molecular formula is C15H23N3O. The van der Waals surface area contributed by atoms with E-state index in [1.165, 1.54) is 5.56 Å². The Morgan fingerprint density at radius 1 is 1.37 bits per heavy atom. The molecule has 3 unspecified atom stereocenters. The van der Waals surface area contributed by atoms with Crippen LogP contribution in [-0.4, -0.2) is 29.9 Å². The van der Waals surface area contributed by atoms with Crippen LogP contribution in [0.2, 0.25) is 0 Å². The van der Waals surface area contributed by atoms with E-state index in [2.05, 4.69) is 17.0 Å². The minimum Gasteiger partial charge on any atom is -0.369 e. The van der Waals surface area contributed by atoms with Crippen LogP contribution in [0.5, 0.6) is 0 Å². The fourth-order valence-electron chi connectivity index (χ4n) is 2.99. The molecule has 0 aromatic heterocycles. The van der Waals surface area contributed by atoms with E-state index < -0.39 is 0 Å². The van der Waals surface area contributed by atoms with Crippen LogP contribution in [0.25, 0.3) is 0 Å². The second-order valence-electron chi connectivity index (χ2n) is 5.45. The van der Waals surface area contributed by atoms with Crippen LogP contribution in [0.15, 0.2) is 30.3 Å². The first-order valence-corrected chi connectivity index (χ1v) is 6.93. The molecule has 0 bridgehead atoms. The highest BCUT2D eigenvalue weighted by molar-refractivity contribution is 5.76. The average molecular weight is 261 g/mol. The topological polar surface area (TPSA) is 72.3 Å². The molecule has 4 nitrogen and oxygen atoms in total. The van der Waals surface area contributed by atoms with Crippen molar-refractivity contribution in [1.82, 2.24) is 4.90 Å². The van der Waals surface area contributed by atoms with Crippen molar-refractivity contribution < 1.29 is 4.79 Å². The molecule has 0 spiro atoms. The highest BCUT2D eigenvalue weighted by Gasteiger charge is 2.31. The molecule has 2 rings (SSSR count). The number of carbonyl (C=O) groups is 1. The predicted octanol–water partition coefficient (Wildman–Crippen LogP) is 1.27. The van der Waals surface area contributed by atoms with Gasteiger partial charge in [0.1, 0.15) is 0 Å². The Hall–Kier alpha value is -1.39. The average Bonchev–Trinajstić information content (AvgIpc) is 2.40. The summed E-state index contributed by atoms with van der Waals surface area (Å²) in [6.07, 6.45) is 1.90. The quantitative estimate of drug-likeness (QED) is 0.857. The van der Waals surface area contributed by atoms with E-state index in [1.54, 1.807) is 0 Å². The maximum atomic E-state index is 11.4. The van der Waals surface area contributed by atoms with Crippen LogP contribution in [-0.2, 0) is 4.79 Å². The molecular weight excluding hydrogens is 238 g/mol. The molecule has 1 fully saturated rings.